The summed E-state index contributed by atoms with van der Waals surface area (Å²) in [6.45, 7) is 2.39. The molecule has 4 N–H and O–H groups in total. The van der Waals surface area contributed by atoms with Gasteiger partial charge in [-0.25, -0.2) is 4.79 Å². The summed E-state index contributed by atoms with van der Waals surface area (Å²) in [4.78, 5) is 19.8. The Hall–Kier alpha value is -5.11. The second-order valence-corrected chi connectivity index (χ2v) is 8.15. The number of nitrogens with zero attached hydrogens (tertiary/aromatic N) is 2. The van der Waals surface area contributed by atoms with E-state index in [4.69, 9.17) is 14.6 Å². The molecule has 0 aliphatic rings. The van der Waals surface area contributed by atoms with Crippen LogP contribution in [-0.4, -0.2) is 22.5 Å². The largest absolute Gasteiger partial charge is 0.424 e. The van der Waals surface area contributed by atoms with Crippen molar-refractivity contribution in [3.05, 3.63) is 97.1 Å². The van der Waals surface area contributed by atoms with Crippen LogP contribution in [0, 0.1) is 0 Å². The zero-order valence-electron chi connectivity index (χ0n) is 20.1. The molecule has 2 heterocycles. The van der Waals surface area contributed by atoms with E-state index in [2.05, 4.69) is 32.7 Å². The Morgan fingerprint density at radius 3 is 1.84 bits per heavy atom. The fraction of sp³-hybridized carbons (Fsp3) is 0.0690. The second-order valence-electron chi connectivity index (χ2n) is 8.15. The Bertz CT molecular complexity index is 1640. The number of amides is 2. The monoisotopic (exact) mass is 491 g/mol. The van der Waals surface area contributed by atoms with Gasteiger partial charge in [-0.1, -0.05) is 72.8 Å². The third-order valence-corrected chi connectivity index (χ3v) is 5.56. The zero-order valence-corrected chi connectivity index (χ0v) is 20.1. The molecule has 6 rings (SSSR count). The topological polar surface area (TPSA) is 119 Å². The van der Waals surface area contributed by atoms with E-state index >= 15 is 0 Å². The number of anilines is 2. The van der Waals surface area contributed by atoms with E-state index in [1.807, 2.05) is 91.9 Å². The number of hydrogen-bond donors (Lipinski definition) is 3. The molecule has 0 saturated carbocycles. The van der Waals surface area contributed by atoms with Gasteiger partial charge in [-0.2, -0.15) is 9.97 Å². The van der Waals surface area contributed by atoms with E-state index < -0.39 is 0 Å². The lowest BCUT2D eigenvalue weighted by Crippen LogP contribution is -2.28. The van der Waals surface area contributed by atoms with Crippen molar-refractivity contribution in [2.24, 2.45) is 0 Å². The molecule has 0 atom stereocenters. The van der Waals surface area contributed by atoms with Gasteiger partial charge >= 0.3 is 12.0 Å². The van der Waals surface area contributed by atoms with Crippen LogP contribution in [0.2, 0.25) is 0 Å². The second kappa shape index (κ2) is 10.7. The number of oxazole rings is 2. The number of hydrogen-bond acceptors (Lipinski definition) is 6. The van der Waals surface area contributed by atoms with Gasteiger partial charge in [-0.05, 0) is 53.4 Å². The fourth-order valence-electron chi connectivity index (χ4n) is 3.85. The summed E-state index contributed by atoms with van der Waals surface area (Å²) < 4.78 is 10.7. The van der Waals surface area contributed by atoms with Crippen LogP contribution in [0.4, 0.5) is 16.8 Å². The van der Waals surface area contributed by atoms with E-state index in [-0.39, 0.29) is 18.1 Å². The van der Waals surface area contributed by atoms with E-state index in [0.29, 0.717) is 17.6 Å². The minimum Gasteiger partial charge on any atom is -0.424 e. The highest BCUT2D eigenvalue weighted by atomic mass is 16.4. The molecule has 4 aromatic carbocycles. The first-order chi connectivity index (χ1) is 18.1. The van der Waals surface area contributed by atoms with Crippen LogP contribution in [0.3, 0.4) is 0 Å². The first kappa shape index (κ1) is 23.6. The summed E-state index contributed by atoms with van der Waals surface area (Å²) in [5.74, 6) is 0. The molecule has 37 heavy (non-hydrogen) atoms. The Morgan fingerprint density at radius 1 is 0.730 bits per heavy atom. The van der Waals surface area contributed by atoms with Gasteiger partial charge in [0.2, 0.25) is 0 Å². The van der Waals surface area contributed by atoms with Crippen molar-refractivity contribution in [2.45, 2.75) is 6.92 Å². The highest BCUT2D eigenvalue weighted by molar-refractivity contribution is 5.89. The maximum atomic E-state index is 11.5. The summed E-state index contributed by atoms with van der Waals surface area (Å²) in [5.41, 5.74) is 12.8. The Labute approximate surface area is 213 Å². The summed E-state index contributed by atoms with van der Waals surface area (Å²) in [6, 6.07) is 31.9. The molecular weight excluding hydrogens is 466 g/mol. The van der Waals surface area contributed by atoms with Crippen molar-refractivity contribution in [1.29, 1.82) is 0 Å². The van der Waals surface area contributed by atoms with Crippen molar-refractivity contribution in [1.82, 2.24) is 15.3 Å². The highest BCUT2D eigenvalue weighted by Gasteiger charge is 2.10. The van der Waals surface area contributed by atoms with Gasteiger partial charge in [-0.3, -0.25) is 5.32 Å². The van der Waals surface area contributed by atoms with Crippen LogP contribution in [-0.2, 0) is 0 Å². The molecule has 184 valence electrons. The van der Waals surface area contributed by atoms with Gasteiger partial charge in [0.15, 0.2) is 11.2 Å². The average molecular weight is 492 g/mol. The average Bonchev–Trinajstić information content (AvgIpc) is 3.50. The molecule has 0 aliphatic heterocycles. The summed E-state index contributed by atoms with van der Waals surface area (Å²) in [5, 5.41) is 5.19. The Balaban J connectivity index is 0.000000157. The number of nitrogen functional groups attached to an aromatic ring is 1. The van der Waals surface area contributed by atoms with Crippen molar-refractivity contribution in [2.75, 3.05) is 17.6 Å². The number of nitrogens with one attached hydrogen (secondary N) is 2. The summed E-state index contributed by atoms with van der Waals surface area (Å²) >= 11 is 0. The maximum absolute atomic E-state index is 11.5. The van der Waals surface area contributed by atoms with E-state index in [0.717, 1.165) is 33.4 Å². The molecule has 2 aromatic heterocycles. The molecule has 8 heteroatoms. The number of carbonyl (C=O) groups is 1. The number of urea groups is 1. The summed E-state index contributed by atoms with van der Waals surface area (Å²) in [6.07, 6.45) is 0. The minimum absolute atomic E-state index is 0.196. The molecule has 0 spiro atoms. The quantitative estimate of drug-likeness (QED) is 0.252. The van der Waals surface area contributed by atoms with Gasteiger partial charge in [0.1, 0.15) is 11.0 Å². The van der Waals surface area contributed by atoms with Gasteiger partial charge < -0.3 is 19.9 Å². The standard InChI is InChI=1S/C16H15N3O2.C13H10N2O/c1-2-17-15(20)19-16-18-13-10-12(8-9-14(13)21-16)11-6-4-3-5-7-11;14-13-15-11-8-10(6-7-12(11)16-13)9-4-2-1-3-5-9/h3-10H,2H2,1H3,(H2,17,18,19,20);1-8H,(H2,14,15). The molecular formula is C29H25N5O3. The molecule has 0 fully saturated rings. The number of benzene rings is 4. The molecule has 8 nitrogen and oxygen atoms in total. The van der Waals surface area contributed by atoms with Crippen LogP contribution < -0.4 is 16.4 Å². The van der Waals surface area contributed by atoms with Crippen LogP contribution in [0.25, 0.3) is 44.5 Å². The summed E-state index contributed by atoms with van der Waals surface area (Å²) in [7, 11) is 0. The zero-order chi connectivity index (χ0) is 25.6. The first-order valence-electron chi connectivity index (χ1n) is 11.8. The smallest absolute Gasteiger partial charge is 0.322 e. The third kappa shape index (κ3) is 5.59. The molecule has 0 bridgehead atoms. The molecule has 0 unspecified atom stereocenters. The predicted octanol–water partition coefficient (Wildman–Crippen LogP) is 6.71. The number of carbonyl (C=O) groups excluding carboxylic acids is 1. The minimum atomic E-state index is -0.327. The Kier molecular flexibility index (Phi) is 6.80. The molecule has 2 amide bonds. The van der Waals surface area contributed by atoms with Crippen molar-refractivity contribution in [3.8, 4) is 22.3 Å². The first-order valence-corrected chi connectivity index (χ1v) is 11.8. The molecule has 0 saturated heterocycles. The highest BCUT2D eigenvalue weighted by Crippen LogP contribution is 2.26. The lowest BCUT2D eigenvalue weighted by molar-refractivity contribution is 0.252. The van der Waals surface area contributed by atoms with Crippen molar-refractivity contribution in [3.63, 3.8) is 0 Å². The SMILES string of the molecule is CCNC(=O)Nc1nc2cc(-c3ccccc3)ccc2o1.Nc1nc2cc(-c3ccccc3)ccc2o1. The fourth-order valence-corrected chi connectivity index (χ4v) is 3.85. The van der Waals surface area contributed by atoms with Crippen LogP contribution in [0.1, 0.15) is 6.92 Å². The lowest BCUT2D eigenvalue weighted by atomic mass is 10.1. The number of rotatable bonds is 4. The number of aromatic nitrogens is 2. The molecule has 0 aliphatic carbocycles. The van der Waals surface area contributed by atoms with Gasteiger partial charge in [0, 0.05) is 6.54 Å². The van der Waals surface area contributed by atoms with Gasteiger partial charge in [-0.15, -0.1) is 0 Å². The van der Waals surface area contributed by atoms with E-state index in [9.17, 15) is 4.79 Å². The van der Waals surface area contributed by atoms with Crippen molar-refractivity contribution < 1.29 is 13.6 Å². The van der Waals surface area contributed by atoms with Crippen LogP contribution >= 0.6 is 0 Å². The number of nitrogens with two attached hydrogens (primary N) is 1. The third-order valence-electron chi connectivity index (χ3n) is 5.56. The normalized spacial score (nSPS) is 10.6. The maximum Gasteiger partial charge on any atom is 0.322 e. The molecule has 0 radical (unpaired) electrons. The van der Waals surface area contributed by atoms with Crippen molar-refractivity contribution >= 4 is 40.3 Å². The van der Waals surface area contributed by atoms with Gasteiger partial charge in [0.05, 0.1) is 0 Å². The lowest BCUT2D eigenvalue weighted by Gasteiger charge is -1.99. The van der Waals surface area contributed by atoms with Gasteiger partial charge in [0.25, 0.3) is 6.01 Å². The van der Waals surface area contributed by atoms with E-state index in [1.165, 1.54) is 0 Å². The van der Waals surface area contributed by atoms with Crippen LogP contribution in [0.15, 0.2) is 106 Å². The Morgan fingerprint density at radius 2 is 1.27 bits per heavy atom. The number of fused-ring (bicyclic) bond motifs is 2. The molecule has 6 aromatic rings. The predicted molar refractivity (Wildman–Crippen MR) is 146 cm³/mol. The van der Waals surface area contributed by atoms with Crippen LogP contribution in [0.5, 0.6) is 0 Å². The van der Waals surface area contributed by atoms with E-state index in [1.54, 1.807) is 0 Å².